The fraction of sp³-hybridized carbons (Fsp3) is 0. The van der Waals surface area contributed by atoms with Gasteiger partial charge in [-0.15, -0.1) is 49.6 Å². The van der Waals surface area contributed by atoms with E-state index < -0.39 is 0 Å². The van der Waals surface area contributed by atoms with E-state index in [0.717, 1.165) is 0 Å². The van der Waals surface area contributed by atoms with Crippen molar-refractivity contribution in [3.05, 3.63) is 0 Å². The molecule has 0 bridgehead atoms. The lowest BCUT2D eigenvalue weighted by atomic mass is 19.0. The summed E-state index contributed by atoms with van der Waals surface area (Å²) in [5.41, 5.74) is 0. The van der Waals surface area contributed by atoms with Gasteiger partial charge in [0.15, 0.2) is 0 Å². The third-order valence-corrected chi connectivity index (χ3v) is 0. The summed E-state index contributed by atoms with van der Waals surface area (Å²) in [6.45, 7) is 0. The van der Waals surface area contributed by atoms with Gasteiger partial charge in [-0.25, -0.2) is 0 Å². The van der Waals surface area contributed by atoms with Crippen LogP contribution in [0, 0.1) is 0 Å². The van der Waals surface area contributed by atoms with Gasteiger partial charge in [0.2, 0.25) is 0 Å². The highest BCUT2D eigenvalue weighted by molar-refractivity contribution is 5.86. The van der Waals surface area contributed by atoms with E-state index in [1.54, 1.807) is 0 Å². The molecular formula is H5Cl4F. The fourth-order valence-corrected chi connectivity index (χ4v) is 0. The van der Waals surface area contributed by atoms with Gasteiger partial charge in [0.05, 0.1) is 0 Å². The number of hydrogen-bond donors (Lipinski definition) is 0. The lowest BCUT2D eigenvalue weighted by Crippen LogP contribution is 0.420. The summed E-state index contributed by atoms with van der Waals surface area (Å²) in [4.78, 5) is 0. The van der Waals surface area contributed by atoms with Gasteiger partial charge in [-0.2, -0.15) is 0 Å². The van der Waals surface area contributed by atoms with Crippen molar-refractivity contribution in [3.8, 4) is 0 Å². The molecule has 0 heterocycles. The molecule has 0 aliphatic rings. The summed E-state index contributed by atoms with van der Waals surface area (Å²) in [6, 6.07) is 0. The Morgan fingerprint density at radius 3 is 0.400 bits per heavy atom. The first kappa shape index (κ1) is 133. The minimum Gasteiger partial charge on any atom is -0.269 e. The molecule has 0 radical (unpaired) electrons. The molecular weight excluding hydrogens is 161 g/mol. The third-order valence-electron chi connectivity index (χ3n) is 0. The second-order valence-corrected chi connectivity index (χ2v) is 0. The molecule has 5 heavy (non-hydrogen) atoms. The molecule has 0 fully saturated rings. The standard InChI is InChI=1S/4ClH.FH/h5*1H. The molecule has 0 N–H and O–H groups in total. The summed E-state index contributed by atoms with van der Waals surface area (Å²) >= 11 is 0. The van der Waals surface area contributed by atoms with Crippen LogP contribution in [0.1, 0.15) is 0 Å². The van der Waals surface area contributed by atoms with E-state index in [-0.39, 0.29) is 54.3 Å². The number of halogens is 5. The Balaban J connectivity index is 0. The lowest BCUT2D eigenvalue weighted by Gasteiger charge is -0.269. The summed E-state index contributed by atoms with van der Waals surface area (Å²) in [6.07, 6.45) is 0. The predicted octanol–water partition coefficient (Wildman–Crippen LogP) is 1.84. The maximum Gasteiger partial charge on any atom is -0.147 e. The highest BCUT2D eigenvalue weighted by Gasteiger charge is -0.144. The Labute approximate surface area is 54.7 Å². The topological polar surface area (TPSA) is 0 Å². The van der Waals surface area contributed by atoms with Crippen LogP contribution in [0.3, 0.4) is 0 Å². The molecule has 40 valence electrons. The smallest absolute Gasteiger partial charge is 0.147 e. The monoisotopic (exact) mass is 164 g/mol. The number of hydrogen-bond acceptors (Lipinski definition) is 0. The summed E-state index contributed by atoms with van der Waals surface area (Å²) in [5, 5.41) is 0. The summed E-state index contributed by atoms with van der Waals surface area (Å²) in [7, 11) is 0. The van der Waals surface area contributed by atoms with Gasteiger partial charge in [0.25, 0.3) is 0 Å². The third kappa shape index (κ3) is 40.9. The molecule has 0 nitrogen and oxygen atoms in total. The van der Waals surface area contributed by atoms with Crippen LogP contribution in [0.5, 0.6) is 0 Å². The van der Waals surface area contributed by atoms with Gasteiger partial charge < -0.3 is 0 Å². The van der Waals surface area contributed by atoms with Crippen LogP contribution in [0.25, 0.3) is 0 Å². The Morgan fingerprint density at radius 2 is 0.400 bits per heavy atom. The van der Waals surface area contributed by atoms with Crippen LogP contribution in [0.15, 0.2) is 0 Å². The van der Waals surface area contributed by atoms with Crippen molar-refractivity contribution in [1.29, 1.82) is 0 Å². The van der Waals surface area contributed by atoms with Crippen molar-refractivity contribution < 1.29 is 4.70 Å². The molecule has 0 spiro atoms. The Hall–Kier alpha value is 1.09. The lowest BCUT2D eigenvalue weighted by molar-refractivity contribution is 1.11. The molecule has 0 rings (SSSR count). The second-order valence-electron chi connectivity index (χ2n) is 0. The Morgan fingerprint density at radius 1 is 0.400 bits per heavy atom. The van der Waals surface area contributed by atoms with E-state index in [2.05, 4.69) is 0 Å². The quantitative estimate of drug-likeness (QED) is 0.514. The van der Waals surface area contributed by atoms with E-state index in [1.807, 2.05) is 0 Å². The predicted molar refractivity (Wildman–Crippen MR) is 31.5 cm³/mol. The Kier molecular flexibility index (Phi) is 1900. The molecule has 0 unspecified atom stereocenters. The average molecular weight is 166 g/mol. The SMILES string of the molecule is Cl.Cl.Cl.Cl.F. The van der Waals surface area contributed by atoms with Crippen molar-refractivity contribution >= 4 is 49.6 Å². The highest BCUT2D eigenvalue weighted by atomic mass is 35.5. The van der Waals surface area contributed by atoms with E-state index in [9.17, 15) is 0 Å². The van der Waals surface area contributed by atoms with Crippen molar-refractivity contribution in [2.75, 3.05) is 0 Å². The first-order chi connectivity index (χ1) is 0. The van der Waals surface area contributed by atoms with E-state index >= 15 is 0 Å². The largest absolute Gasteiger partial charge is 0.269 e. The minimum atomic E-state index is 0. The zero-order chi connectivity index (χ0) is 0. The molecule has 0 saturated carbocycles. The summed E-state index contributed by atoms with van der Waals surface area (Å²) in [5.74, 6) is 0. The van der Waals surface area contributed by atoms with Crippen molar-refractivity contribution in [2.24, 2.45) is 0 Å². The van der Waals surface area contributed by atoms with Gasteiger partial charge in [0, 0.05) is 0 Å². The normalized spacial score (nSPS) is 0. The van der Waals surface area contributed by atoms with Crippen molar-refractivity contribution in [1.82, 2.24) is 0 Å². The van der Waals surface area contributed by atoms with Gasteiger partial charge in [-0.1, -0.05) is 0 Å². The van der Waals surface area contributed by atoms with Crippen LogP contribution in [0.4, 0.5) is 4.70 Å². The maximum absolute atomic E-state index is 0. The zero-order valence-corrected chi connectivity index (χ0v) is 5.31. The van der Waals surface area contributed by atoms with Crippen LogP contribution >= 0.6 is 49.6 Å². The highest BCUT2D eigenvalue weighted by Crippen LogP contribution is 0.693. The Bertz CT molecular complexity index is 3.61. The molecule has 0 aromatic carbocycles. The second kappa shape index (κ2) is 71.7. The van der Waals surface area contributed by atoms with E-state index in [1.165, 1.54) is 0 Å². The zero-order valence-electron chi connectivity index (χ0n) is 2.04. The van der Waals surface area contributed by atoms with Crippen LogP contribution < -0.4 is 0 Å². The molecule has 0 atom stereocenters. The average Bonchev–Trinajstić information content (AvgIpc) is 0. The number of rotatable bonds is 0. The van der Waals surface area contributed by atoms with E-state index in [4.69, 9.17) is 0 Å². The van der Waals surface area contributed by atoms with E-state index in [0.29, 0.717) is 0 Å². The molecule has 0 aromatic rings. The summed E-state index contributed by atoms with van der Waals surface area (Å²) < 4.78 is 0. The van der Waals surface area contributed by atoms with Gasteiger partial charge >= 0.3 is 0 Å². The molecule has 0 aliphatic heterocycles. The van der Waals surface area contributed by atoms with Crippen LogP contribution in [0.2, 0.25) is 0 Å². The minimum absolute atomic E-state index is 0. The first-order valence-electron chi connectivity index (χ1n) is 0. The van der Waals surface area contributed by atoms with Crippen molar-refractivity contribution in [3.63, 3.8) is 0 Å². The molecule has 0 saturated heterocycles. The fourth-order valence-electron chi connectivity index (χ4n) is 0. The van der Waals surface area contributed by atoms with Crippen molar-refractivity contribution in [2.45, 2.75) is 0 Å². The first-order valence-corrected chi connectivity index (χ1v) is 0. The van der Waals surface area contributed by atoms with Gasteiger partial charge in [-0.3, -0.25) is 4.70 Å². The molecule has 0 aromatic heterocycles. The van der Waals surface area contributed by atoms with Crippen LogP contribution in [-0.2, 0) is 0 Å². The van der Waals surface area contributed by atoms with Crippen LogP contribution in [-0.4, -0.2) is 0 Å². The molecule has 5 heteroatoms. The van der Waals surface area contributed by atoms with Gasteiger partial charge in [0.1, 0.15) is 0 Å². The molecule has 0 amide bonds. The van der Waals surface area contributed by atoms with Gasteiger partial charge in [-0.05, 0) is 0 Å². The maximum atomic E-state index is 0. The molecule has 0 aliphatic carbocycles.